The molecular weight excluding hydrogens is 190 g/mol. The van der Waals surface area contributed by atoms with Crippen LogP contribution >= 0.6 is 0 Å². The molecule has 3 N–H and O–H groups in total. The molecule has 0 amide bonds. The first-order valence-corrected chi connectivity index (χ1v) is 4.20. The standard InChI is InChI=1S/C7H11N3O4/c1-2-3-4(5(11)12)10-6(13)8-9-7(10)14/h4H,2-3H2,1H3,(H,8,13)(H,9,14)(H,11,12). The lowest BCUT2D eigenvalue weighted by Gasteiger charge is -2.09. The van der Waals surface area contributed by atoms with Crippen molar-refractivity contribution in [2.45, 2.75) is 25.8 Å². The number of aliphatic carboxylic acids is 1. The summed E-state index contributed by atoms with van der Waals surface area (Å²) in [5, 5.41) is 12.9. The third-order valence-electron chi connectivity index (χ3n) is 1.87. The summed E-state index contributed by atoms with van der Waals surface area (Å²) in [7, 11) is 0. The van der Waals surface area contributed by atoms with Gasteiger partial charge in [-0.05, 0) is 6.42 Å². The molecule has 0 bridgehead atoms. The van der Waals surface area contributed by atoms with Crippen LogP contribution in [0, 0.1) is 0 Å². The Bertz CT molecular complexity index is 399. The predicted molar refractivity (Wildman–Crippen MR) is 47.3 cm³/mol. The summed E-state index contributed by atoms with van der Waals surface area (Å²) < 4.78 is 0.672. The minimum Gasteiger partial charge on any atom is -0.480 e. The molecule has 1 aromatic rings. The highest BCUT2D eigenvalue weighted by molar-refractivity contribution is 5.71. The van der Waals surface area contributed by atoms with Crippen LogP contribution in [-0.4, -0.2) is 25.8 Å². The molecule has 0 saturated carbocycles. The summed E-state index contributed by atoms with van der Waals surface area (Å²) >= 11 is 0. The molecule has 0 spiro atoms. The molecule has 78 valence electrons. The van der Waals surface area contributed by atoms with Crippen LogP contribution in [0.1, 0.15) is 25.8 Å². The molecule has 1 unspecified atom stereocenters. The van der Waals surface area contributed by atoms with Crippen LogP contribution < -0.4 is 11.4 Å². The summed E-state index contributed by atoms with van der Waals surface area (Å²) in [5.74, 6) is -1.18. The number of carboxylic acid groups (broad SMARTS) is 1. The van der Waals surface area contributed by atoms with Gasteiger partial charge in [0.2, 0.25) is 0 Å². The molecule has 1 heterocycles. The van der Waals surface area contributed by atoms with Gasteiger partial charge >= 0.3 is 17.3 Å². The fraction of sp³-hybridized carbons (Fsp3) is 0.571. The van der Waals surface area contributed by atoms with Crippen molar-refractivity contribution in [2.24, 2.45) is 0 Å². The second-order valence-electron chi connectivity index (χ2n) is 2.87. The minimum absolute atomic E-state index is 0.246. The Morgan fingerprint density at radius 1 is 1.43 bits per heavy atom. The number of H-pyrrole nitrogens is 2. The van der Waals surface area contributed by atoms with E-state index in [2.05, 4.69) is 0 Å². The van der Waals surface area contributed by atoms with Crippen molar-refractivity contribution in [3.63, 3.8) is 0 Å². The molecular formula is C7H11N3O4. The topological polar surface area (TPSA) is 108 Å². The maximum absolute atomic E-state index is 11.1. The molecule has 0 saturated heterocycles. The van der Waals surface area contributed by atoms with Crippen LogP contribution in [-0.2, 0) is 4.79 Å². The second kappa shape index (κ2) is 3.95. The van der Waals surface area contributed by atoms with Crippen LogP contribution in [0.15, 0.2) is 9.59 Å². The van der Waals surface area contributed by atoms with Gasteiger partial charge in [-0.15, -0.1) is 0 Å². The molecule has 7 nitrogen and oxygen atoms in total. The zero-order valence-electron chi connectivity index (χ0n) is 7.61. The van der Waals surface area contributed by atoms with Gasteiger partial charge in [0, 0.05) is 0 Å². The Balaban J connectivity index is 3.17. The molecule has 7 heteroatoms. The smallest absolute Gasteiger partial charge is 0.345 e. The molecule has 14 heavy (non-hydrogen) atoms. The van der Waals surface area contributed by atoms with Gasteiger partial charge in [0.15, 0.2) is 0 Å². The van der Waals surface area contributed by atoms with Crippen LogP contribution in [0.25, 0.3) is 0 Å². The van der Waals surface area contributed by atoms with Gasteiger partial charge in [0.1, 0.15) is 6.04 Å². The number of aromatic amines is 2. The zero-order valence-corrected chi connectivity index (χ0v) is 7.61. The van der Waals surface area contributed by atoms with E-state index in [1.807, 2.05) is 10.2 Å². The van der Waals surface area contributed by atoms with Crippen molar-refractivity contribution in [3.05, 3.63) is 21.0 Å². The SMILES string of the molecule is CCCC(C(=O)O)n1c(=O)[nH][nH]c1=O. The largest absolute Gasteiger partial charge is 0.480 e. The quantitative estimate of drug-likeness (QED) is 0.597. The highest BCUT2D eigenvalue weighted by Crippen LogP contribution is 2.08. The maximum Gasteiger partial charge on any atom is 0.345 e. The van der Waals surface area contributed by atoms with Crippen molar-refractivity contribution < 1.29 is 9.90 Å². The first-order chi connectivity index (χ1) is 6.57. The van der Waals surface area contributed by atoms with E-state index < -0.39 is 23.4 Å². The summed E-state index contributed by atoms with van der Waals surface area (Å²) in [6.07, 6.45) is 0.824. The van der Waals surface area contributed by atoms with Gasteiger partial charge in [0.25, 0.3) is 0 Å². The Hall–Kier alpha value is -1.79. The minimum atomic E-state index is -1.18. The zero-order chi connectivity index (χ0) is 10.7. The summed E-state index contributed by atoms with van der Waals surface area (Å²) in [4.78, 5) is 32.9. The van der Waals surface area contributed by atoms with Crippen molar-refractivity contribution >= 4 is 5.97 Å². The Morgan fingerprint density at radius 3 is 2.29 bits per heavy atom. The van der Waals surface area contributed by atoms with Gasteiger partial charge < -0.3 is 5.11 Å². The molecule has 1 aromatic heterocycles. The number of carbonyl (C=O) groups is 1. The average Bonchev–Trinajstić information content (AvgIpc) is 2.43. The predicted octanol–water partition coefficient (Wildman–Crippen LogP) is -0.709. The second-order valence-corrected chi connectivity index (χ2v) is 2.87. The molecule has 0 fully saturated rings. The van der Waals surface area contributed by atoms with E-state index in [9.17, 15) is 14.4 Å². The monoisotopic (exact) mass is 201 g/mol. The fourth-order valence-electron chi connectivity index (χ4n) is 1.24. The Kier molecular flexibility index (Phi) is 2.90. The van der Waals surface area contributed by atoms with E-state index in [-0.39, 0.29) is 6.42 Å². The van der Waals surface area contributed by atoms with Crippen LogP contribution in [0.2, 0.25) is 0 Å². The van der Waals surface area contributed by atoms with Crippen LogP contribution in [0.5, 0.6) is 0 Å². The maximum atomic E-state index is 11.1. The first kappa shape index (κ1) is 10.3. The van der Waals surface area contributed by atoms with E-state index in [0.717, 1.165) is 0 Å². The van der Waals surface area contributed by atoms with Gasteiger partial charge in [-0.3, -0.25) is 0 Å². The lowest BCUT2D eigenvalue weighted by atomic mass is 10.2. The first-order valence-electron chi connectivity index (χ1n) is 4.20. The number of nitrogens with one attached hydrogen (secondary N) is 2. The number of hydrogen-bond donors (Lipinski definition) is 3. The Labute approximate surface area is 78.4 Å². The van der Waals surface area contributed by atoms with Gasteiger partial charge in [0.05, 0.1) is 0 Å². The van der Waals surface area contributed by atoms with Crippen molar-refractivity contribution in [2.75, 3.05) is 0 Å². The van der Waals surface area contributed by atoms with E-state index in [0.29, 0.717) is 11.0 Å². The lowest BCUT2D eigenvalue weighted by Crippen LogP contribution is -2.35. The molecule has 0 aliphatic heterocycles. The highest BCUT2D eigenvalue weighted by Gasteiger charge is 2.22. The van der Waals surface area contributed by atoms with Gasteiger partial charge in [-0.25, -0.2) is 29.1 Å². The molecule has 0 aliphatic carbocycles. The molecule has 0 aliphatic rings. The van der Waals surface area contributed by atoms with Crippen molar-refractivity contribution in [3.8, 4) is 0 Å². The normalized spacial score (nSPS) is 12.6. The number of carboxylic acids is 1. The molecule has 1 rings (SSSR count). The van der Waals surface area contributed by atoms with E-state index in [4.69, 9.17) is 5.11 Å². The Morgan fingerprint density at radius 2 is 1.93 bits per heavy atom. The third kappa shape index (κ3) is 1.76. The van der Waals surface area contributed by atoms with Crippen LogP contribution in [0.3, 0.4) is 0 Å². The third-order valence-corrected chi connectivity index (χ3v) is 1.87. The summed E-state index contributed by atoms with van der Waals surface area (Å²) in [6, 6.07) is -1.09. The van der Waals surface area contributed by atoms with Crippen LogP contribution in [0.4, 0.5) is 0 Å². The molecule has 0 radical (unpaired) electrons. The summed E-state index contributed by atoms with van der Waals surface area (Å²) in [5.41, 5.74) is -1.45. The number of rotatable bonds is 4. The van der Waals surface area contributed by atoms with Crippen molar-refractivity contribution in [1.82, 2.24) is 14.8 Å². The number of aromatic nitrogens is 3. The van der Waals surface area contributed by atoms with Crippen molar-refractivity contribution in [1.29, 1.82) is 0 Å². The lowest BCUT2D eigenvalue weighted by molar-refractivity contribution is -0.141. The number of hydrogen-bond acceptors (Lipinski definition) is 3. The highest BCUT2D eigenvalue weighted by atomic mass is 16.4. The van der Waals surface area contributed by atoms with E-state index >= 15 is 0 Å². The van der Waals surface area contributed by atoms with Gasteiger partial charge in [-0.1, -0.05) is 13.3 Å². The van der Waals surface area contributed by atoms with E-state index in [1.165, 1.54) is 0 Å². The molecule has 0 aromatic carbocycles. The molecule has 1 atom stereocenters. The van der Waals surface area contributed by atoms with E-state index in [1.54, 1.807) is 6.92 Å². The average molecular weight is 201 g/mol. The fourth-order valence-corrected chi connectivity index (χ4v) is 1.24. The summed E-state index contributed by atoms with van der Waals surface area (Å²) in [6.45, 7) is 1.78. The number of nitrogens with zero attached hydrogens (tertiary/aromatic N) is 1. The van der Waals surface area contributed by atoms with Gasteiger partial charge in [-0.2, -0.15) is 0 Å².